The maximum absolute atomic E-state index is 12.8. The van der Waals surface area contributed by atoms with E-state index >= 15 is 0 Å². The molecule has 2 rings (SSSR count). The summed E-state index contributed by atoms with van der Waals surface area (Å²) in [5.74, 6) is 0.337. The van der Waals surface area contributed by atoms with Crippen LogP contribution < -0.4 is 5.32 Å². The van der Waals surface area contributed by atoms with Gasteiger partial charge in [0.1, 0.15) is 5.82 Å². The van der Waals surface area contributed by atoms with Gasteiger partial charge in [0.25, 0.3) is 0 Å². The molecule has 0 amide bonds. The van der Waals surface area contributed by atoms with Gasteiger partial charge in [-0.3, -0.25) is 0 Å². The second kappa shape index (κ2) is 5.39. The number of nitrogens with zero attached hydrogens (tertiary/aromatic N) is 2. The zero-order chi connectivity index (χ0) is 12.1. The number of hydrogen-bond acceptors (Lipinski definition) is 3. The van der Waals surface area contributed by atoms with Crippen molar-refractivity contribution in [3.8, 4) is 11.1 Å². The van der Waals surface area contributed by atoms with E-state index in [1.165, 1.54) is 12.3 Å². The van der Waals surface area contributed by atoms with Gasteiger partial charge in [0, 0.05) is 30.1 Å². The van der Waals surface area contributed by atoms with Gasteiger partial charge in [0.05, 0.1) is 0 Å². The molecule has 0 aliphatic carbocycles. The van der Waals surface area contributed by atoms with Crippen molar-refractivity contribution in [1.82, 2.24) is 9.97 Å². The molecule has 2 aromatic rings. The van der Waals surface area contributed by atoms with Gasteiger partial charge in [-0.05, 0) is 30.7 Å². The van der Waals surface area contributed by atoms with Crippen LogP contribution in [0.15, 0.2) is 36.7 Å². The van der Waals surface area contributed by atoms with E-state index in [0.717, 1.165) is 29.9 Å². The summed E-state index contributed by atoms with van der Waals surface area (Å²) >= 11 is 0. The zero-order valence-corrected chi connectivity index (χ0v) is 9.65. The molecule has 0 bridgehead atoms. The Morgan fingerprint density at radius 1 is 1.24 bits per heavy atom. The van der Waals surface area contributed by atoms with Crippen molar-refractivity contribution in [2.24, 2.45) is 0 Å². The smallest absolute Gasteiger partial charge is 0.212 e. The molecule has 0 saturated carbocycles. The van der Waals surface area contributed by atoms with Crippen LogP contribution in [0.1, 0.15) is 13.3 Å². The van der Waals surface area contributed by atoms with Crippen LogP contribution in [0.25, 0.3) is 11.1 Å². The average Bonchev–Trinajstić information content (AvgIpc) is 2.38. The molecule has 17 heavy (non-hydrogen) atoms. The van der Waals surface area contributed by atoms with Crippen molar-refractivity contribution in [3.05, 3.63) is 42.6 Å². The minimum atomic E-state index is -0.472. The summed E-state index contributed by atoms with van der Waals surface area (Å²) in [4.78, 5) is 7.94. The lowest BCUT2D eigenvalue weighted by molar-refractivity contribution is 0.584. The first kappa shape index (κ1) is 11.5. The number of nitrogens with one attached hydrogen (secondary N) is 1. The van der Waals surface area contributed by atoms with Crippen molar-refractivity contribution >= 4 is 5.82 Å². The molecule has 2 aromatic heterocycles. The number of halogens is 1. The highest BCUT2D eigenvalue weighted by atomic mass is 19.1. The van der Waals surface area contributed by atoms with Gasteiger partial charge in [0.15, 0.2) is 0 Å². The lowest BCUT2D eigenvalue weighted by Gasteiger charge is -2.09. The Balaban J connectivity index is 2.33. The molecule has 0 unspecified atom stereocenters. The van der Waals surface area contributed by atoms with E-state index in [1.54, 1.807) is 12.3 Å². The predicted molar refractivity (Wildman–Crippen MR) is 66.2 cm³/mol. The fourth-order valence-electron chi connectivity index (χ4n) is 1.56. The Bertz CT molecular complexity index is 482. The molecule has 3 nitrogen and oxygen atoms in total. The summed E-state index contributed by atoms with van der Waals surface area (Å²) < 4.78 is 12.8. The van der Waals surface area contributed by atoms with E-state index in [4.69, 9.17) is 0 Å². The summed E-state index contributed by atoms with van der Waals surface area (Å²) in [6.07, 6.45) is 4.28. The molecule has 2 heterocycles. The van der Waals surface area contributed by atoms with E-state index in [1.807, 2.05) is 12.1 Å². The standard InChI is InChI=1S/C13H14FN3/c1-2-7-15-13-11(4-3-8-16-13)10-5-6-12(14)17-9-10/h3-6,8-9H,2,7H2,1H3,(H,15,16). The Hall–Kier alpha value is -1.97. The van der Waals surface area contributed by atoms with Gasteiger partial charge in [-0.25, -0.2) is 9.97 Å². The van der Waals surface area contributed by atoms with Crippen LogP contribution in [0.4, 0.5) is 10.2 Å². The summed E-state index contributed by atoms with van der Waals surface area (Å²) in [5, 5.41) is 3.24. The maximum atomic E-state index is 12.8. The molecule has 1 N–H and O–H groups in total. The van der Waals surface area contributed by atoms with Gasteiger partial charge in [-0.1, -0.05) is 6.92 Å². The maximum Gasteiger partial charge on any atom is 0.212 e. The Labute approximate surface area is 99.7 Å². The van der Waals surface area contributed by atoms with Gasteiger partial charge in [-0.2, -0.15) is 4.39 Å². The Morgan fingerprint density at radius 2 is 2.12 bits per heavy atom. The molecule has 88 valence electrons. The molecule has 0 aliphatic rings. The van der Waals surface area contributed by atoms with Gasteiger partial charge >= 0.3 is 0 Å². The average molecular weight is 231 g/mol. The van der Waals surface area contributed by atoms with E-state index < -0.39 is 5.95 Å². The Morgan fingerprint density at radius 3 is 2.82 bits per heavy atom. The highest BCUT2D eigenvalue weighted by molar-refractivity contribution is 5.74. The minimum absolute atomic E-state index is 0.472. The van der Waals surface area contributed by atoms with Gasteiger partial charge in [0.2, 0.25) is 5.95 Å². The van der Waals surface area contributed by atoms with E-state index in [-0.39, 0.29) is 0 Å². The van der Waals surface area contributed by atoms with Crippen LogP contribution in [-0.4, -0.2) is 16.5 Å². The van der Waals surface area contributed by atoms with Crippen molar-refractivity contribution in [2.75, 3.05) is 11.9 Å². The highest BCUT2D eigenvalue weighted by Crippen LogP contribution is 2.25. The Kier molecular flexibility index (Phi) is 3.65. The summed E-state index contributed by atoms with van der Waals surface area (Å²) in [5.41, 5.74) is 1.80. The number of hydrogen-bond donors (Lipinski definition) is 1. The van der Waals surface area contributed by atoms with Crippen LogP contribution in [0.2, 0.25) is 0 Å². The van der Waals surface area contributed by atoms with E-state index in [2.05, 4.69) is 22.2 Å². The topological polar surface area (TPSA) is 37.8 Å². The molecule has 0 aliphatic heterocycles. The van der Waals surface area contributed by atoms with Gasteiger partial charge < -0.3 is 5.32 Å². The van der Waals surface area contributed by atoms with Crippen molar-refractivity contribution < 1.29 is 4.39 Å². The van der Waals surface area contributed by atoms with Crippen molar-refractivity contribution in [2.45, 2.75) is 13.3 Å². The normalized spacial score (nSPS) is 10.2. The van der Waals surface area contributed by atoms with Crippen LogP contribution in [0.5, 0.6) is 0 Å². The molecule has 0 fully saturated rings. The molecule has 4 heteroatoms. The lowest BCUT2D eigenvalue weighted by Crippen LogP contribution is -2.03. The quantitative estimate of drug-likeness (QED) is 0.821. The summed E-state index contributed by atoms with van der Waals surface area (Å²) in [6.45, 7) is 2.95. The molecule has 0 saturated heterocycles. The van der Waals surface area contributed by atoms with Crippen molar-refractivity contribution in [3.63, 3.8) is 0 Å². The molecule has 0 atom stereocenters. The fourth-order valence-corrected chi connectivity index (χ4v) is 1.56. The first-order valence-electron chi connectivity index (χ1n) is 5.62. The predicted octanol–water partition coefficient (Wildman–Crippen LogP) is 3.10. The zero-order valence-electron chi connectivity index (χ0n) is 9.65. The number of rotatable bonds is 4. The lowest BCUT2D eigenvalue weighted by atomic mass is 10.1. The van der Waals surface area contributed by atoms with Crippen LogP contribution >= 0.6 is 0 Å². The fraction of sp³-hybridized carbons (Fsp3) is 0.231. The first-order chi connectivity index (χ1) is 8.31. The highest BCUT2D eigenvalue weighted by Gasteiger charge is 2.05. The van der Waals surface area contributed by atoms with E-state index in [9.17, 15) is 4.39 Å². The molecule has 0 aromatic carbocycles. The van der Waals surface area contributed by atoms with Gasteiger partial charge in [-0.15, -0.1) is 0 Å². The third-order valence-corrected chi connectivity index (χ3v) is 2.39. The number of anilines is 1. The second-order valence-electron chi connectivity index (χ2n) is 3.70. The van der Waals surface area contributed by atoms with Crippen LogP contribution in [-0.2, 0) is 0 Å². The van der Waals surface area contributed by atoms with Crippen LogP contribution in [0.3, 0.4) is 0 Å². The van der Waals surface area contributed by atoms with Crippen molar-refractivity contribution in [1.29, 1.82) is 0 Å². The summed E-state index contributed by atoms with van der Waals surface area (Å²) in [7, 11) is 0. The number of pyridine rings is 2. The second-order valence-corrected chi connectivity index (χ2v) is 3.70. The monoisotopic (exact) mass is 231 g/mol. The summed E-state index contributed by atoms with van der Waals surface area (Å²) in [6, 6.07) is 6.86. The third kappa shape index (κ3) is 2.78. The number of aromatic nitrogens is 2. The SMILES string of the molecule is CCCNc1ncccc1-c1ccc(F)nc1. The molecular weight excluding hydrogens is 217 g/mol. The molecule has 0 spiro atoms. The van der Waals surface area contributed by atoms with Crippen LogP contribution in [0, 0.1) is 5.95 Å². The molecule has 0 radical (unpaired) electrons. The largest absolute Gasteiger partial charge is 0.370 e. The van der Waals surface area contributed by atoms with E-state index in [0.29, 0.717) is 0 Å². The first-order valence-corrected chi connectivity index (χ1v) is 5.62. The third-order valence-electron chi connectivity index (χ3n) is 2.39. The minimum Gasteiger partial charge on any atom is -0.370 e. The molecular formula is C13H14FN3.